The molecular formula is C22H24N2O3. The highest BCUT2D eigenvalue weighted by molar-refractivity contribution is 5.57. The Kier molecular flexibility index (Phi) is 4.77. The van der Waals surface area contributed by atoms with Gasteiger partial charge in [-0.05, 0) is 43.7 Å². The minimum atomic E-state index is -0.111. The van der Waals surface area contributed by atoms with Crippen molar-refractivity contribution in [3.63, 3.8) is 0 Å². The molecule has 0 spiro atoms. The smallest absolute Gasteiger partial charge is 0.163 e. The normalized spacial score (nSPS) is 15.6. The number of hydrogen-bond acceptors (Lipinski definition) is 4. The fourth-order valence-corrected chi connectivity index (χ4v) is 3.66. The Morgan fingerprint density at radius 1 is 1.04 bits per heavy atom. The summed E-state index contributed by atoms with van der Waals surface area (Å²) in [5, 5.41) is 14.0. The second kappa shape index (κ2) is 7.37. The van der Waals surface area contributed by atoms with Gasteiger partial charge in [0.05, 0.1) is 24.9 Å². The summed E-state index contributed by atoms with van der Waals surface area (Å²) >= 11 is 0. The molecule has 0 unspecified atom stereocenters. The summed E-state index contributed by atoms with van der Waals surface area (Å²) in [6.07, 6.45) is 2.05. The van der Waals surface area contributed by atoms with Gasteiger partial charge in [0, 0.05) is 30.1 Å². The SMILES string of the molecule is CCOc1cc2c(cc1OCC)-n1cccc1[C@H](c1ccccc1O)NC2. The molecule has 0 bridgehead atoms. The summed E-state index contributed by atoms with van der Waals surface area (Å²) < 4.78 is 13.8. The van der Waals surface area contributed by atoms with Crippen molar-refractivity contribution < 1.29 is 14.6 Å². The molecular weight excluding hydrogens is 340 g/mol. The number of hydrogen-bond donors (Lipinski definition) is 2. The fourth-order valence-electron chi connectivity index (χ4n) is 3.66. The van der Waals surface area contributed by atoms with Crippen LogP contribution in [0.15, 0.2) is 54.7 Å². The van der Waals surface area contributed by atoms with Gasteiger partial charge in [-0.1, -0.05) is 18.2 Å². The topological polar surface area (TPSA) is 55.7 Å². The van der Waals surface area contributed by atoms with Gasteiger partial charge < -0.3 is 24.5 Å². The number of ether oxygens (including phenoxy) is 2. The summed E-state index contributed by atoms with van der Waals surface area (Å²) in [5.74, 6) is 1.80. The second-order valence-electron chi connectivity index (χ2n) is 6.47. The zero-order valence-electron chi connectivity index (χ0n) is 15.6. The molecule has 1 aliphatic rings. The minimum absolute atomic E-state index is 0.111. The van der Waals surface area contributed by atoms with E-state index in [1.54, 1.807) is 6.07 Å². The molecule has 2 N–H and O–H groups in total. The van der Waals surface area contributed by atoms with E-state index in [1.807, 2.05) is 56.4 Å². The van der Waals surface area contributed by atoms with Crippen LogP contribution in [0, 0.1) is 0 Å². The number of nitrogens with one attached hydrogen (secondary N) is 1. The van der Waals surface area contributed by atoms with Crippen molar-refractivity contribution in [2.24, 2.45) is 0 Å². The Morgan fingerprint density at radius 2 is 1.78 bits per heavy atom. The molecule has 140 valence electrons. The van der Waals surface area contributed by atoms with Gasteiger partial charge >= 0.3 is 0 Å². The third-order valence-corrected chi connectivity index (χ3v) is 4.82. The van der Waals surface area contributed by atoms with E-state index >= 15 is 0 Å². The molecule has 3 aromatic rings. The Balaban J connectivity index is 1.84. The average Bonchev–Trinajstić information content (AvgIpc) is 3.09. The van der Waals surface area contributed by atoms with Crippen molar-refractivity contribution in [2.75, 3.05) is 13.2 Å². The molecule has 5 heteroatoms. The van der Waals surface area contributed by atoms with Gasteiger partial charge in [-0.3, -0.25) is 0 Å². The molecule has 2 aromatic carbocycles. The van der Waals surface area contributed by atoms with Crippen LogP contribution in [0.2, 0.25) is 0 Å². The number of phenolic OH excluding ortho intramolecular Hbond substituents is 1. The summed E-state index contributed by atoms with van der Waals surface area (Å²) in [4.78, 5) is 0. The number of benzene rings is 2. The van der Waals surface area contributed by atoms with Crippen molar-refractivity contribution in [1.29, 1.82) is 0 Å². The Bertz CT molecular complexity index is 948. The number of fused-ring (bicyclic) bond motifs is 3. The molecule has 1 aliphatic heterocycles. The largest absolute Gasteiger partial charge is 0.508 e. The van der Waals surface area contributed by atoms with E-state index < -0.39 is 0 Å². The zero-order chi connectivity index (χ0) is 18.8. The maximum Gasteiger partial charge on any atom is 0.163 e. The Hall–Kier alpha value is -2.92. The van der Waals surface area contributed by atoms with E-state index in [-0.39, 0.29) is 6.04 Å². The van der Waals surface area contributed by atoms with E-state index in [2.05, 4.69) is 16.0 Å². The van der Waals surface area contributed by atoms with Gasteiger partial charge in [0.2, 0.25) is 0 Å². The molecule has 1 aromatic heterocycles. The van der Waals surface area contributed by atoms with Gasteiger partial charge in [0.15, 0.2) is 11.5 Å². The monoisotopic (exact) mass is 364 g/mol. The lowest BCUT2D eigenvalue weighted by Gasteiger charge is -2.19. The van der Waals surface area contributed by atoms with Gasteiger partial charge in [-0.15, -0.1) is 0 Å². The summed E-state index contributed by atoms with van der Waals surface area (Å²) in [5.41, 5.74) is 4.12. The molecule has 5 nitrogen and oxygen atoms in total. The molecule has 0 saturated heterocycles. The first-order valence-electron chi connectivity index (χ1n) is 9.34. The van der Waals surface area contributed by atoms with E-state index in [0.29, 0.717) is 25.5 Å². The van der Waals surface area contributed by atoms with E-state index in [4.69, 9.17) is 9.47 Å². The fraction of sp³-hybridized carbons (Fsp3) is 0.273. The van der Waals surface area contributed by atoms with Gasteiger partial charge in [-0.2, -0.15) is 0 Å². The quantitative estimate of drug-likeness (QED) is 0.713. The molecule has 0 aliphatic carbocycles. The van der Waals surface area contributed by atoms with Crippen LogP contribution in [0.5, 0.6) is 17.2 Å². The van der Waals surface area contributed by atoms with E-state index in [1.165, 1.54) is 0 Å². The first kappa shape index (κ1) is 17.5. The summed E-state index contributed by atoms with van der Waals surface area (Å²) in [6, 6.07) is 15.6. The molecule has 2 heterocycles. The lowest BCUT2D eigenvalue weighted by Crippen LogP contribution is -2.21. The Morgan fingerprint density at radius 3 is 2.52 bits per heavy atom. The number of aromatic nitrogens is 1. The average molecular weight is 364 g/mol. The molecule has 4 rings (SSSR count). The predicted octanol–water partition coefficient (Wildman–Crippen LogP) is 4.17. The number of para-hydroxylation sites is 1. The second-order valence-corrected chi connectivity index (χ2v) is 6.47. The molecule has 0 fully saturated rings. The van der Waals surface area contributed by atoms with Crippen molar-refractivity contribution >= 4 is 0 Å². The highest BCUT2D eigenvalue weighted by Crippen LogP contribution is 2.38. The molecule has 0 radical (unpaired) electrons. The first-order valence-corrected chi connectivity index (χ1v) is 9.34. The lowest BCUT2D eigenvalue weighted by atomic mass is 10.0. The molecule has 1 atom stereocenters. The van der Waals surface area contributed by atoms with Crippen molar-refractivity contribution in [2.45, 2.75) is 26.4 Å². The number of phenols is 1. The highest BCUT2D eigenvalue weighted by atomic mass is 16.5. The van der Waals surface area contributed by atoms with Crippen LogP contribution in [0.4, 0.5) is 0 Å². The number of aromatic hydroxyl groups is 1. The van der Waals surface area contributed by atoms with Crippen LogP contribution in [0.1, 0.15) is 36.7 Å². The predicted molar refractivity (Wildman–Crippen MR) is 105 cm³/mol. The van der Waals surface area contributed by atoms with Crippen LogP contribution in [0.3, 0.4) is 0 Å². The van der Waals surface area contributed by atoms with Crippen molar-refractivity contribution in [3.8, 4) is 22.9 Å². The van der Waals surface area contributed by atoms with Crippen LogP contribution < -0.4 is 14.8 Å². The lowest BCUT2D eigenvalue weighted by molar-refractivity contribution is 0.287. The van der Waals surface area contributed by atoms with E-state index in [9.17, 15) is 5.11 Å². The maximum atomic E-state index is 10.4. The summed E-state index contributed by atoms with van der Waals surface area (Å²) in [7, 11) is 0. The van der Waals surface area contributed by atoms with Gasteiger partial charge in [-0.25, -0.2) is 0 Å². The van der Waals surface area contributed by atoms with Gasteiger partial charge in [0.25, 0.3) is 0 Å². The standard InChI is InChI=1S/C22H24N2O3/c1-3-26-20-12-15-14-23-22(16-8-5-6-10-19(16)25)17-9-7-11-24(17)18(15)13-21(20)27-4-2/h5-13,22-23,25H,3-4,14H2,1-2H3/t22-/m0/s1. The number of nitrogens with zero attached hydrogens (tertiary/aromatic N) is 1. The van der Waals surface area contributed by atoms with Crippen molar-refractivity contribution in [3.05, 3.63) is 71.5 Å². The Labute approximate surface area is 159 Å². The molecule has 0 amide bonds. The van der Waals surface area contributed by atoms with E-state index in [0.717, 1.165) is 34.0 Å². The van der Waals surface area contributed by atoms with Crippen LogP contribution in [-0.4, -0.2) is 22.9 Å². The highest BCUT2D eigenvalue weighted by Gasteiger charge is 2.26. The van der Waals surface area contributed by atoms with Crippen LogP contribution in [0.25, 0.3) is 5.69 Å². The molecule has 0 saturated carbocycles. The number of rotatable bonds is 5. The molecule has 27 heavy (non-hydrogen) atoms. The van der Waals surface area contributed by atoms with Crippen LogP contribution >= 0.6 is 0 Å². The maximum absolute atomic E-state index is 10.4. The van der Waals surface area contributed by atoms with Crippen molar-refractivity contribution in [1.82, 2.24) is 9.88 Å². The third-order valence-electron chi connectivity index (χ3n) is 4.82. The third kappa shape index (κ3) is 3.15. The minimum Gasteiger partial charge on any atom is -0.508 e. The summed E-state index contributed by atoms with van der Waals surface area (Å²) in [6.45, 7) is 5.76. The first-order chi connectivity index (χ1) is 13.2. The van der Waals surface area contributed by atoms with Gasteiger partial charge in [0.1, 0.15) is 5.75 Å². The van der Waals surface area contributed by atoms with Crippen LogP contribution in [-0.2, 0) is 6.54 Å². The zero-order valence-corrected chi connectivity index (χ0v) is 15.6.